The first-order valence-corrected chi connectivity index (χ1v) is 14.3. The van der Waals surface area contributed by atoms with Crippen molar-refractivity contribution in [3.63, 3.8) is 0 Å². The molecule has 1 heterocycles. The summed E-state index contributed by atoms with van der Waals surface area (Å²) in [6.45, 7) is 14.0. The molecule has 0 saturated carbocycles. The summed E-state index contributed by atoms with van der Waals surface area (Å²) in [5.74, 6) is 0. The standard InChI is InChI=1S/C36H34N2.C3H6/c1-5-14-34(30-15-8-6-9-16-30)37-35(31-17-10-7-11-18-31)25-26(2)29-21-23-32(24-22-29)38-28(4)27(3)33-19-12-13-20-36(33)38;1-3-2/h6-25H,5H2,1-4H3;3H,1H2,2H3/b26-25+,34-14+,37-35-;. The number of para-hydroxylation sites is 1. The second kappa shape index (κ2) is 14.1. The molecule has 4 aromatic carbocycles. The smallest absolute Gasteiger partial charge is 0.0712 e. The molecule has 0 radical (unpaired) electrons. The summed E-state index contributed by atoms with van der Waals surface area (Å²) >= 11 is 0. The summed E-state index contributed by atoms with van der Waals surface area (Å²) in [7, 11) is 0. The van der Waals surface area contributed by atoms with Gasteiger partial charge in [-0.1, -0.05) is 110 Å². The number of benzene rings is 4. The van der Waals surface area contributed by atoms with Crippen molar-refractivity contribution in [1.82, 2.24) is 4.57 Å². The zero-order valence-corrected chi connectivity index (χ0v) is 24.9. The number of allylic oxidation sites excluding steroid dienone is 4. The van der Waals surface area contributed by atoms with Gasteiger partial charge in [-0.2, -0.15) is 0 Å². The van der Waals surface area contributed by atoms with Crippen LogP contribution in [0, 0.1) is 13.8 Å². The zero-order valence-electron chi connectivity index (χ0n) is 24.9. The Morgan fingerprint density at radius 1 is 0.756 bits per heavy atom. The van der Waals surface area contributed by atoms with Gasteiger partial charge < -0.3 is 4.57 Å². The van der Waals surface area contributed by atoms with E-state index in [2.05, 4.69) is 148 Å². The van der Waals surface area contributed by atoms with E-state index in [0.29, 0.717) is 0 Å². The molecule has 0 N–H and O–H groups in total. The Balaban J connectivity index is 0.00000124. The van der Waals surface area contributed by atoms with Crippen molar-refractivity contribution in [3.8, 4) is 5.69 Å². The van der Waals surface area contributed by atoms with E-state index in [4.69, 9.17) is 4.99 Å². The molecular formula is C39H40N2. The second-order valence-electron chi connectivity index (χ2n) is 10.1. The van der Waals surface area contributed by atoms with Crippen LogP contribution < -0.4 is 0 Å². The quantitative estimate of drug-likeness (QED) is 0.145. The maximum Gasteiger partial charge on any atom is 0.0712 e. The molecule has 5 rings (SSSR count). The van der Waals surface area contributed by atoms with E-state index < -0.39 is 0 Å². The van der Waals surface area contributed by atoms with Crippen LogP contribution in [-0.4, -0.2) is 10.3 Å². The molecule has 0 unspecified atom stereocenters. The molecule has 0 atom stereocenters. The molecule has 5 aromatic rings. The zero-order chi connectivity index (χ0) is 29.2. The van der Waals surface area contributed by atoms with Crippen LogP contribution in [0.25, 0.3) is 27.9 Å². The first-order chi connectivity index (χ1) is 20.0. The van der Waals surface area contributed by atoms with Gasteiger partial charge in [-0.15, -0.1) is 6.58 Å². The monoisotopic (exact) mass is 536 g/mol. The highest BCUT2D eigenvalue weighted by atomic mass is 15.0. The Morgan fingerprint density at radius 3 is 1.93 bits per heavy atom. The topological polar surface area (TPSA) is 17.3 Å². The van der Waals surface area contributed by atoms with Crippen molar-refractivity contribution in [2.75, 3.05) is 0 Å². The van der Waals surface area contributed by atoms with Gasteiger partial charge in [-0.3, -0.25) is 0 Å². The summed E-state index contributed by atoms with van der Waals surface area (Å²) in [6, 6.07) is 38.4. The van der Waals surface area contributed by atoms with Crippen LogP contribution in [0.5, 0.6) is 0 Å². The van der Waals surface area contributed by atoms with E-state index >= 15 is 0 Å². The van der Waals surface area contributed by atoms with Crippen molar-refractivity contribution < 1.29 is 0 Å². The lowest BCUT2D eigenvalue weighted by molar-refractivity contribution is 1.04. The lowest BCUT2D eigenvalue weighted by Crippen LogP contribution is -2.00. The summed E-state index contributed by atoms with van der Waals surface area (Å²) in [6.07, 6.45) is 7.08. The van der Waals surface area contributed by atoms with Crippen LogP contribution in [0.15, 0.2) is 139 Å². The molecule has 0 bridgehead atoms. The van der Waals surface area contributed by atoms with E-state index in [1.54, 1.807) is 6.08 Å². The Bertz CT molecular complexity index is 1680. The van der Waals surface area contributed by atoms with Gasteiger partial charge in [0.15, 0.2) is 0 Å². The first-order valence-electron chi connectivity index (χ1n) is 14.3. The van der Waals surface area contributed by atoms with E-state index in [0.717, 1.165) is 29.0 Å². The SMILES string of the molecule is C=CC.CC/C=C(/N=C(/C=C(\C)c1ccc(-n2c(C)c(C)c3ccccc32)cc1)c1ccccc1)c1ccccc1. The van der Waals surface area contributed by atoms with Crippen LogP contribution in [0.2, 0.25) is 0 Å². The number of aliphatic imine (C=N–C) groups is 1. The van der Waals surface area contributed by atoms with Crippen LogP contribution >= 0.6 is 0 Å². The number of nitrogens with zero attached hydrogens (tertiary/aromatic N) is 2. The summed E-state index contributed by atoms with van der Waals surface area (Å²) in [5, 5.41) is 1.31. The maximum atomic E-state index is 5.18. The third-order valence-electron chi connectivity index (χ3n) is 7.14. The minimum Gasteiger partial charge on any atom is -0.314 e. The second-order valence-corrected chi connectivity index (χ2v) is 10.1. The van der Waals surface area contributed by atoms with Gasteiger partial charge in [0.05, 0.1) is 16.9 Å². The summed E-state index contributed by atoms with van der Waals surface area (Å²) in [4.78, 5) is 5.18. The molecule has 2 heteroatoms. The Morgan fingerprint density at radius 2 is 1.32 bits per heavy atom. The van der Waals surface area contributed by atoms with E-state index in [1.807, 2.05) is 19.1 Å². The minimum atomic E-state index is 0.924. The molecule has 2 nitrogen and oxygen atoms in total. The number of fused-ring (bicyclic) bond motifs is 1. The van der Waals surface area contributed by atoms with Crippen LogP contribution in [0.3, 0.4) is 0 Å². The molecule has 0 aliphatic heterocycles. The molecule has 206 valence electrons. The lowest BCUT2D eigenvalue weighted by atomic mass is 10.0. The highest BCUT2D eigenvalue weighted by Gasteiger charge is 2.12. The van der Waals surface area contributed by atoms with Crippen LogP contribution in [0.1, 0.15) is 55.1 Å². The molecule has 41 heavy (non-hydrogen) atoms. The summed E-state index contributed by atoms with van der Waals surface area (Å²) < 4.78 is 2.35. The Labute approximate surface area is 245 Å². The molecule has 1 aromatic heterocycles. The molecular weight excluding hydrogens is 496 g/mol. The van der Waals surface area contributed by atoms with Crippen molar-refractivity contribution in [2.45, 2.75) is 41.0 Å². The predicted octanol–water partition coefficient (Wildman–Crippen LogP) is 10.8. The first kappa shape index (κ1) is 29.3. The third kappa shape index (κ3) is 6.91. The Kier molecular flexibility index (Phi) is 10.1. The largest absolute Gasteiger partial charge is 0.314 e. The summed E-state index contributed by atoms with van der Waals surface area (Å²) in [5.41, 5.74) is 11.6. The van der Waals surface area contributed by atoms with Crippen LogP contribution in [-0.2, 0) is 0 Å². The van der Waals surface area contributed by atoms with E-state index in [1.165, 1.54) is 39.0 Å². The van der Waals surface area contributed by atoms with Gasteiger partial charge in [0.1, 0.15) is 0 Å². The fourth-order valence-corrected chi connectivity index (χ4v) is 4.97. The molecule has 0 aliphatic carbocycles. The lowest BCUT2D eigenvalue weighted by Gasteiger charge is -2.11. The molecule has 0 saturated heterocycles. The predicted molar refractivity (Wildman–Crippen MR) is 180 cm³/mol. The van der Waals surface area contributed by atoms with Gasteiger partial charge in [0.25, 0.3) is 0 Å². The fraction of sp³-hybridized carbons (Fsp3) is 0.154. The van der Waals surface area contributed by atoms with Gasteiger partial charge in [0.2, 0.25) is 0 Å². The average molecular weight is 537 g/mol. The number of hydrogen-bond donors (Lipinski definition) is 0. The van der Waals surface area contributed by atoms with Gasteiger partial charge >= 0.3 is 0 Å². The normalized spacial score (nSPS) is 12.2. The van der Waals surface area contributed by atoms with Crippen molar-refractivity contribution in [2.24, 2.45) is 4.99 Å². The van der Waals surface area contributed by atoms with Gasteiger partial charge in [-0.05, 0) is 80.7 Å². The average Bonchev–Trinajstić information content (AvgIpc) is 3.27. The minimum absolute atomic E-state index is 0.924. The Hall–Kier alpha value is -4.69. The number of aromatic nitrogens is 1. The van der Waals surface area contributed by atoms with E-state index in [-0.39, 0.29) is 0 Å². The molecule has 0 fully saturated rings. The highest BCUT2D eigenvalue weighted by Crippen LogP contribution is 2.29. The van der Waals surface area contributed by atoms with Crippen molar-refractivity contribution >= 4 is 27.9 Å². The number of rotatable bonds is 7. The van der Waals surface area contributed by atoms with Crippen molar-refractivity contribution in [3.05, 3.63) is 162 Å². The maximum absolute atomic E-state index is 5.18. The van der Waals surface area contributed by atoms with Gasteiger partial charge in [-0.25, -0.2) is 4.99 Å². The highest BCUT2D eigenvalue weighted by molar-refractivity contribution is 6.14. The number of aryl methyl sites for hydroxylation is 1. The van der Waals surface area contributed by atoms with E-state index in [9.17, 15) is 0 Å². The van der Waals surface area contributed by atoms with Crippen molar-refractivity contribution in [1.29, 1.82) is 0 Å². The molecule has 0 spiro atoms. The third-order valence-corrected chi connectivity index (χ3v) is 7.14. The number of hydrogen-bond acceptors (Lipinski definition) is 1. The molecule has 0 aliphatic rings. The van der Waals surface area contributed by atoms with Crippen LogP contribution in [0.4, 0.5) is 0 Å². The molecule has 0 amide bonds. The van der Waals surface area contributed by atoms with Gasteiger partial charge in [0, 0.05) is 22.3 Å². The fourth-order valence-electron chi connectivity index (χ4n) is 4.97.